The summed E-state index contributed by atoms with van der Waals surface area (Å²) in [5, 5.41) is 0. The van der Waals surface area contributed by atoms with Crippen molar-refractivity contribution < 1.29 is 13.0 Å². The highest BCUT2D eigenvalue weighted by atomic mass is 32.2. The lowest BCUT2D eigenvalue weighted by Crippen LogP contribution is -2.24. The van der Waals surface area contributed by atoms with E-state index in [1.165, 1.54) is 0 Å². The van der Waals surface area contributed by atoms with E-state index in [9.17, 15) is 8.42 Å². The molecule has 0 aliphatic heterocycles. The van der Waals surface area contributed by atoms with Crippen LogP contribution in [-0.2, 0) is 10.1 Å². The van der Waals surface area contributed by atoms with Gasteiger partial charge in [-0.25, -0.2) is 0 Å². The van der Waals surface area contributed by atoms with E-state index in [0.717, 1.165) is 0 Å². The predicted molar refractivity (Wildman–Crippen MR) is 49.6 cm³/mol. The van der Waals surface area contributed by atoms with Gasteiger partial charge in [-0.2, -0.15) is 8.42 Å². The molecule has 0 rings (SSSR count). The third-order valence-corrected chi connectivity index (χ3v) is 2.92. The summed E-state index contributed by atoms with van der Waals surface area (Å²) in [4.78, 5) is 0. The number of hydrogen-bond donors (Lipinski definition) is 1. The summed E-state index contributed by atoms with van der Waals surface area (Å²) in [6.45, 7) is 7.87. The van der Waals surface area contributed by atoms with Crippen molar-refractivity contribution in [1.82, 2.24) is 0 Å². The zero-order valence-electron chi connectivity index (χ0n) is 8.11. The van der Waals surface area contributed by atoms with Crippen molar-refractivity contribution >= 4 is 10.1 Å². The van der Waals surface area contributed by atoms with Crippen LogP contribution in [0.15, 0.2) is 0 Å². The van der Waals surface area contributed by atoms with Gasteiger partial charge in [-0.1, -0.05) is 27.7 Å². The largest absolute Gasteiger partial charge is 0.286 e. The normalized spacial score (nSPS) is 13.3. The van der Waals surface area contributed by atoms with Gasteiger partial charge >= 0.3 is 0 Å². The highest BCUT2D eigenvalue weighted by molar-refractivity contribution is 7.85. The highest BCUT2D eigenvalue weighted by Gasteiger charge is 2.22. The van der Waals surface area contributed by atoms with Crippen LogP contribution in [0.5, 0.6) is 0 Å². The van der Waals surface area contributed by atoms with E-state index < -0.39 is 10.1 Å². The molecule has 12 heavy (non-hydrogen) atoms. The Morgan fingerprint density at radius 1 is 1.08 bits per heavy atom. The third kappa shape index (κ3) is 4.72. The lowest BCUT2D eigenvalue weighted by atomic mass is 9.87. The Balaban J connectivity index is 4.35. The molecule has 3 nitrogen and oxygen atoms in total. The van der Waals surface area contributed by atoms with E-state index in [2.05, 4.69) is 0 Å². The first kappa shape index (κ1) is 11.9. The summed E-state index contributed by atoms with van der Waals surface area (Å²) in [6.07, 6.45) is 0. The second-order valence-corrected chi connectivity index (χ2v) is 5.40. The minimum Gasteiger partial charge on any atom is -0.286 e. The third-order valence-electron chi connectivity index (χ3n) is 2.12. The first-order valence-electron chi connectivity index (χ1n) is 4.19. The van der Waals surface area contributed by atoms with Gasteiger partial charge in [0.15, 0.2) is 0 Å². The molecule has 0 aliphatic carbocycles. The zero-order chi connectivity index (χ0) is 9.94. The summed E-state index contributed by atoms with van der Waals surface area (Å²) in [6, 6.07) is 0. The van der Waals surface area contributed by atoms with Crippen molar-refractivity contribution in [3.05, 3.63) is 0 Å². The van der Waals surface area contributed by atoms with Crippen LogP contribution < -0.4 is 0 Å². The van der Waals surface area contributed by atoms with Gasteiger partial charge < -0.3 is 0 Å². The van der Waals surface area contributed by atoms with Gasteiger partial charge in [0.05, 0.1) is 5.75 Å². The van der Waals surface area contributed by atoms with Gasteiger partial charge in [0.2, 0.25) is 0 Å². The molecule has 0 saturated heterocycles. The Kier molecular flexibility index (Phi) is 4.20. The SMILES string of the molecule is CC(C)C(CS(=O)(=O)O)C(C)C. The van der Waals surface area contributed by atoms with Gasteiger partial charge in [-0.3, -0.25) is 4.55 Å². The van der Waals surface area contributed by atoms with E-state index in [1.807, 2.05) is 27.7 Å². The molecule has 0 unspecified atom stereocenters. The fourth-order valence-electron chi connectivity index (χ4n) is 1.40. The quantitative estimate of drug-likeness (QED) is 0.694. The van der Waals surface area contributed by atoms with E-state index in [1.54, 1.807) is 0 Å². The zero-order valence-corrected chi connectivity index (χ0v) is 8.93. The van der Waals surface area contributed by atoms with E-state index >= 15 is 0 Å². The van der Waals surface area contributed by atoms with Crippen LogP contribution in [0.3, 0.4) is 0 Å². The molecule has 0 aromatic carbocycles. The van der Waals surface area contributed by atoms with Crippen LogP contribution >= 0.6 is 0 Å². The Bertz CT molecular complexity index is 208. The molecule has 0 aromatic heterocycles. The molecule has 0 aromatic rings. The number of rotatable bonds is 4. The summed E-state index contributed by atoms with van der Waals surface area (Å²) < 4.78 is 29.9. The maximum atomic E-state index is 10.6. The molecule has 0 saturated carbocycles. The average molecular weight is 194 g/mol. The second-order valence-electron chi connectivity index (χ2n) is 3.90. The van der Waals surface area contributed by atoms with Crippen LogP contribution in [0.1, 0.15) is 27.7 Å². The van der Waals surface area contributed by atoms with Crippen molar-refractivity contribution in [2.24, 2.45) is 17.8 Å². The molecule has 0 amide bonds. The minimum absolute atomic E-state index is 0.0417. The van der Waals surface area contributed by atoms with Crippen molar-refractivity contribution in [1.29, 1.82) is 0 Å². The van der Waals surface area contributed by atoms with E-state index in [0.29, 0.717) is 0 Å². The molecule has 0 spiro atoms. The lowest BCUT2D eigenvalue weighted by molar-refractivity contribution is 0.310. The van der Waals surface area contributed by atoms with E-state index in [-0.39, 0.29) is 23.5 Å². The molecule has 0 aliphatic rings. The van der Waals surface area contributed by atoms with Crippen molar-refractivity contribution in [2.75, 3.05) is 5.75 Å². The first-order valence-corrected chi connectivity index (χ1v) is 5.80. The second kappa shape index (κ2) is 4.23. The molecule has 0 atom stereocenters. The summed E-state index contributed by atoms with van der Waals surface area (Å²) >= 11 is 0. The predicted octanol–water partition coefficient (Wildman–Crippen LogP) is 1.80. The van der Waals surface area contributed by atoms with Gasteiger partial charge in [0.25, 0.3) is 10.1 Å². The average Bonchev–Trinajstić information content (AvgIpc) is 1.79. The van der Waals surface area contributed by atoms with Gasteiger partial charge in [-0.05, 0) is 17.8 Å². The molecule has 0 heterocycles. The smallest absolute Gasteiger partial charge is 0.265 e. The molecule has 4 heteroatoms. The van der Waals surface area contributed by atoms with Crippen molar-refractivity contribution in [3.8, 4) is 0 Å². The minimum atomic E-state index is -3.81. The van der Waals surface area contributed by atoms with Crippen LogP contribution in [0.2, 0.25) is 0 Å². The molecular weight excluding hydrogens is 176 g/mol. The molecule has 0 fully saturated rings. The van der Waals surface area contributed by atoms with Crippen LogP contribution in [0.25, 0.3) is 0 Å². The molecule has 0 radical (unpaired) electrons. The Hall–Kier alpha value is -0.0900. The maximum absolute atomic E-state index is 10.6. The Morgan fingerprint density at radius 3 is 1.50 bits per heavy atom. The first-order chi connectivity index (χ1) is 5.24. The molecule has 0 bridgehead atoms. The van der Waals surface area contributed by atoms with Crippen LogP contribution in [0.4, 0.5) is 0 Å². The molecule has 1 N–H and O–H groups in total. The highest BCUT2D eigenvalue weighted by Crippen LogP contribution is 2.21. The van der Waals surface area contributed by atoms with Crippen molar-refractivity contribution in [3.63, 3.8) is 0 Å². The van der Waals surface area contributed by atoms with Gasteiger partial charge in [0, 0.05) is 0 Å². The summed E-state index contributed by atoms with van der Waals surface area (Å²) in [5.41, 5.74) is 0. The summed E-state index contributed by atoms with van der Waals surface area (Å²) in [5.74, 6) is 0.487. The van der Waals surface area contributed by atoms with Crippen LogP contribution in [0, 0.1) is 17.8 Å². The Morgan fingerprint density at radius 2 is 1.42 bits per heavy atom. The van der Waals surface area contributed by atoms with E-state index in [4.69, 9.17) is 4.55 Å². The van der Waals surface area contributed by atoms with Gasteiger partial charge in [0.1, 0.15) is 0 Å². The number of hydrogen-bond acceptors (Lipinski definition) is 2. The standard InChI is InChI=1S/C8H18O3S/c1-6(2)8(7(3)4)5-12(9,10)11/h6-8H,5H2,1-4H3,(H,9,10,11). The van der Waals surface area contributed by atoms with Crippen LogP contribution in [-0.4, -0.2) is 18.7 Å². The lowest BCUT2D eigenvalue weighted by Gasteiger charge is -2.22. The maximum Gasteiger partial charge on any atom is 0.265 e. The fraction of sp³-hybridized carbons (Fsp3) is 1.00. The summed E-state index contributed by atoms with van der Waals surface area (Å²) in [7, 11) is -3.81. The Labute approximate surface area is 74.9 Å². The molecular formula is C8H18O3S. The fourth-order valence-corrected chi connectivity index (χ4v) is 2.65. The van der Waals surface area contributed by atoms with Gasteiger partial charge in [-0.15, -0.1) is 0 Å². The molecule has 74 valence electrons. The topological polar surface area (TPSA) is 54.4 Å². The monoisotopic (exact) mass is 194 g/mol. The van der Waals surface area contributed by atoms with Crippen molar-refractivity contribution in [2.45, 2.75) is 27.7 Å².